The molecule has 0 saturated heterocycles. The van der Waals surface area contributed by atoms with Crippen molar-refractivity contribution in [1.82, 2.24) is 0 Å². The normalized spacial score (nSPS) is 17.5. The second-order valence-corrected chi connectivity index (χ2v) is 10.3. The lowest BCUT2D eigenvalue weighted by atomic mass is 9.89. The van der Waals surface area contributed by atoms with Crippen LogP contribution in [-0.4, -0.2) is 16.2 Å². The number of carbonyl (C=O) groups is 1. The van der Waals surface area contributed by atoms with Gasteiger partial charge in [0.25, 0.3) is 0 Å². The van der Waals surface area contributed by atoms with Gasteiger partial charge in [-0.2, -0.15) is 0 Å². The molecule has 1 heterocycles. The zero-order valence-corrected chi connectivity index (χ0v) is 20.0. The van der Waals surface area contributed by atoms with Gasteiger partial charge in [-0.25, -0.2) is 4.79 Å². The lowest BCUT2D eigenvalue weighted by Crippen LogP contribution is -2.02. The van der Waals surface area contributed by atoms with E-state index >= 15 is 0 Å². The Morgan fingerprint density at radius 1 is 1.17 bits per heavy atom. The number of allylic oxidation sites excluding steroid dienone is 2. The highest BCUT2D eigenvalue weighted by Crippen LogP contribution is 2.44. The van der Waals surface area contributed by atoms with Crippen LogP contribution in [0.1, 0.15) is 90.1 Å². The van der Waals surface area contributed by atoms with Crippen LogP contribution < -0.4 is 0 Å². The minimum atomic E-state index is -0.838. The maximum absolute atomic E-state index is 11.0. The van der Waals surface area contributed by atoms with E-state index in [-0.39, 0.29) is 6.10 Å². The maximum atomic E-state index is 11.0. The van der Waals surface area contributed by atoms with Gasteiger partial charge in [-0.3, -0.25) is 0 Å². The minimum absolute atomic E-state index is 0.371. The van der Waals surface area contributed by atoms with E-state index in [1.54, 1.807) is 6.07 Å². The van der Waals surface area contributed by atoms with Crippen LogP contribution in [0.3, 0.4) is 0 Å². The fraction of sp³-hybridized carbons (Fsp3) is 0.480. The van der Waals surface area contributed by atoms with Crippen LogP contribution in [-0.2, 0) is 6.42 Å². The Morgan fingerprint density at radius 3 is 2.60 bits per heavy atom. The monoisotopic (exact) mass is 490 g/mol. The molecular formula is C25H31BrO3S. The van der Waals surface area contributed by atoms with Crippen LogP contribution in [0, 0.1) is 5.92 Å². The summed E-state index contributed by atoms with van der Waals surface area (Å²) >= 11 is 5.18. The van der Waals surface area contributed by atoms with E-state index in [1.165, 1.54) is 39.8 Å². The third-order valence-corrected chi connectivity index (χ3v) is 7.91. The van der Waals surface area contributed by atoms with Crippen molar-refractivity contribution in [1.29, 1.82) is 0 Å². The van der Waals surface area contributed by atoms with Gasteiger partial charge in [-0.1, -0.05) is 66.4 Å². The minimum Gasteiger partial charge on any atom is -0.477 e. The zero-order chi connectivity index (χ0) is 21.5. The number of halogens is 1. The molecule has 30 heavy (non-hydrogen) atoms. The smallest absolute Gasteiger partial charge is 0.345 e. The highest BCUT2D eigenvalue weighted by Gasteiger charge is 2.25. The van der Waals surface area contributed by atoms with Crippen molar-refractivity contribution in [2.75, 3.05) is 0 Å². The molecule has 1 aromatic carbocycles. The number of hydrogen-bond donors (Lipinski definition) is 2. The van der Waals surface area contributed by atoms with Crippen LogP contribution in [0.25, 0.3) is 5.57 Å². The van der Waals surface area contributed by atoms with Gasteiger partial charge in [0, 0.05) is 4.88 Å². The lowest BCUT2D eigenvalue weighted by Gasteiger charge is -2.17. The predicted octanol–water partition coefficient (Wildman–Crippen LogP) is 7.60. The molecule has 1 aliphatic rings. The summed E-state index contributed by atoms with van der Waals surface area (Å²) in [4.78, 5) is 12.6. The molecule has 0 spiro atoms. The van der Waals surface area contributed by atoms with E-state index in [9.17, 15) is 9.90 Å². The molecule has 2 N–H and O–H groups in total. The number of aliphatic hydroxyl groups is 1. The standard InChI is InChI=1S/C25H31BrO3S/c1-2-3-4-8-22(27)17-9-11-19(12-10-17)24-18(13-15-21(24)26)6-5-7-20-14-16-23(30-20)25(28)29/h9-12,14,16,18,22,27H,2-8,13,15H2,1H3,(H,28,29)/t18-,22?/m0/s1. The first kappa shape index (κ1) is 23.2. The highest BCUT2D eigenvalue weighted by molar-refractivity contribution is 9.11. The number of aromatic carboxylic acids is 1. The number of aliphatic hydroxyl groups excluding tert-OH is 1. The van der Waals surface area contributed by atoms with Gasteiger partial charge >= 0.3 is 5.97 Å². The fourth-order valence-electron chi connectivity index (χ4n) is 4.27. The summed E-state index contributed by atoms with van der Waals surface area (Å²) in [5.74, 6) is -0.311. The Kier molecular flexibility index (Phi) is 8.72. The number of benzene rings is 1. The molecule has 0 bridgehead atoms. The summed E-state index contributed by atoms with van der Waals surface area (Å²) in [5.41, 5.74) is 3.66. The van der Waals surface area contributed by atoms with Crippen LogP contribution >= 0.6 is 27.3 Å². The number of hydrogen-bond acceptors (Lipinski definition) is 3. The summed E-state index contributed by atoms with van der Waals surface area (Å²) in [6.45, 7) is 2.18. The highest BCUT2D eigenvalue weighted by atomic mass is 79.9. The quantitative estimate of drug-likeness (QED) is 0.318. The van der Waals surface area contributed by atoms with E-state index in [2.05, 4.69) is 47.1 Å². The molecule has 162 valence electrons. The number of aryl methyl sites for hydroxylation is 1. The van der Waals surface area contributed by atoms with Gasteiger partial charge in [-0.05, 0) is 77.8 Å². The number of unbranched alkanes of at least 4 members (excludes halogenated alkanes) is 2. The first-order chi connectivity index (χ1) is 14.5. The lowest BCUT2D eigenvalue weighted by molar-refractivity contribution is 0.0702. The second kappa shape index (κ2) is 11.3. The second-order valence-electron chi connectivity index (χ2n) is 8.15. The fourth-order valence-corrected chi connectivity index (χ4v) is 5.94. The Hall–Kier alpha value is -1.43. The molecule has 3 nitrogen and oxygen atoms in total. The molecule has 2 atom stereocenters. The third-order valence-electron chi connectivity index (χ3n) is 5.95. The van der Waals surface area contributed by atoms with Crippen LogP contribution in [0.5, 0.6) is 0 Å². The molecule has 0 saturated carbocycles. The van der Waals surface area contributed by atoms with Crippen LogP contribution in [0.2, 0.25) is 0 Å². The van der Waals surface area contributed by atoms with Gasteiger partial charge in [0.2, 0.25) is 0 Å². The van der Waals surface area contributed by atoms with Crippen molar-refractivity contribution >= 4 is 38.8 Å². The van der Waals surface area contributed by atoms with Crippen molar-refractivity contribution in [2.45, 2.75) is 70.8 Å². The van der Waals surface area contributed by atoms with Crippen molar-refractivity contribution in [3.8, 4) is 0 Å². The Labute approximate surface area is 192 Å². The maximum Gasteiger partial charge on any atom is 0.345 e. The van der Waals surface area contributed by atoms with E-state index < -0.39 is 5.97 Å². The first-order valence-electron chi connectivity index (χ1n) is 11.0. The van der Waals surface area contributed by atoms with E-state index in [4.69, 9.17) is 5.11 Å². The summed E-state index contributed by atoms with van der Waals surface area (Å²) in [7, 11) is 0. The summed E-state index contributed by atoms with van der Waals surface area (Å²) in [6.07, 6.45) is 9.18. The van der Waals surface area contributed by atoms with Gasteiger partial charge in [0.1, 0.15) is 4.88 Å². The Bertz CT molecular complexity index is 869. The van der Waals surface area contributed by atoms with Gasteiger partial charge in [-0.15, -0.1) is 11.3 Å². The number of thiophene rings is 1. The van der Waals surface area contributed by atoms with Crippen molar-refractivity contribution in [3.05, 3.63) is 61.8 Å². The molecular weight excluding hydrogens is 460 g/mol. The van der Waals surface area contributed by atoms with E-state index in [0.29, 0.717) is 10.8 Å². The summed E-state index contributed by atoms with van der Waals surface area (Å²) in [5, 5.41) is 19.5. The molecule has 5 heteroatoms. The van der Waals surface area contributed by atoms with Crippen LogP contribution in [0.4, 0.5) is 0 Å². The number of carboxylic acids is 1. The molecule has 1 aliphatic carbocycles. The average Bonchev–Trinajstić information content (AvgIpc) is 3.35. The van der Waals surface area contributed by atoms with Crippen molar-refractivity contribution < 1.29 is 15.0 Å². The van der Waals surface area contributed by atoms with E-state index in [0.717, 1.165) is 55.4 Å². The van der Waals surface area contributed by atoms with Crippen LogP contribution in [0.15, 0.2) is 40.9 Å². The Balaban J connectivity index is 1.58. The first-order valence-corrected chi connectivity index (χ1v) is 12.6. The van der Waals surface area contributed by atoms with Gasteiger partial charge in [0.05, 0.1) is 6.10 Å². The molecule has 0 radical (unpaired) electrons. The number of carboxylic acid groups (broad SMARTS) is 1. The molecule has 0 amide bonds. The molecule has 0 aliphatic heterocycles. The van der Waals surface area contributed by atoms with Gasteiger partial charge < -0.3 is 10.2 Å². The van der Waals surface area contributed by atoms with E-state index in [1.807, 2.05) is 6.07 Å². The zero-order valence-electron chi connectivity index (χ0n) is 17.6. The summed E-state index contributed by atoms with van der Waals surface area (Å²) in [6, 6.07) is 12.1. The predicted molar refractivity (Wildman–Crippen MR) is 128 cm³/mol. The van der Waals surface area contributed by atoms with Crippen molar-refractivity contribution in [2.24, 2.45) is 5.92 Å². The topological polar surface area (TPSA) is 57.5 Å². The van der Waals surface area contributed by atoms with Crippen molar-refractivity contribution in [3.63, 3.8) is 0 Å². The molecule has 0 fully saturated rings. The largest absolute Gasteiger partial charge is 0.477 e. The summed E-state index contributed by atoms with van der Waals surface area (Å²) < 4.78 is 1.30. The average molecular weight is 491 g/mol. The SMILES string of the molecule is CCCCCC(O)c1ccc(C2=C(Br)CC[C@@H]2CCCc2ccc(C(=O)O)s2)cc1. The number of rotatable bonds is 11. The van der Waals surface area contributed by atoms with Gasteiger partial charge in [0.15, 0.2) is 0 Å². The molecule has 3 rings (SSSR count). The third kappa shape index (κ3) is 6.05. The molecule has 1 unspecified atom stereocenters. The molecule has 1 aromatic heterocycles. The Morgan fingerprint density at radius 2 is 1.93 bits per heavy atom. The molecule has 2 aromatic rings.